The first-order chi connectivity index (χ1) is 10.5. The van der Waals surface area contributed by atoms with Crippen molar-refractivity contribution in [1.82, 2.24) is 0 Å². The Morgan fingerprint density at radius 1 is 0.727 bits per heavy atom. The van der Waals surface area contributed by atoms with E-state index < -0.39 is 10.0 Å². The van der Waals surface area contributed by atoms with Crippen molar-refractivity contribution in [2.45, 2.75) is 107 Å². The van der Waals surface area contributed by atoms with Gasteiger partial charge < -0.3 is 5.11 Å². The normalized spacial score (nSPS) is 11.8. The molecule has 0 aliphatic rings. The summed E-state index contributed by atoms with van der Waals surface area (Å²) >= 11 is 8.13. The number of hydrogen-bond acceptors (Lipinski definition) is 3. The maximum atomic E-state index is 10.8. The molecule has 132 valence electrons. The number of carbonyl (C=O) groups is 1. The van der Waals surface area contributed by atoms with E-state index >= 15 is 0 Å². The Hall–Kier alpha value is 0.170. The molecule has 0 radical (unpaired) electrons. The first-order valence-electron chi connectivity index (χ1n) is 9.19. The zero-order chi connectivity index (χ0) is 16.7. The molecule has 22 heavy (non-hydrogen) atoms. The van der Waals surface area contributed by atoms with Crippen molar-refractivity contribution in [3.05, 3.63) is 0 Å². The van der Waals surface area contributed by atoms with Crippen LogP contribution in [0.3, 0.4) is 0 Å². The highest BCUT2D eigenvalue weighted by Crippen LogP contribution is 2.27. The van der Waals surface area contributed by atoms with Crippen LogP contribution in [0, 0.1) is 0 Å². The molecule has 0 aromatic rings. The maximum absolute atomic E-state index is 10.8. The van der Waals surface area contributed by atoms with Crippen molar-refractivity contribution >= 4 is 31.2 Å². The van der Waals surface area contributed by atoms with Gasteiger partial charge in [-0.3, -0.25) is 0 Å². The van der Waals surface area contributed by atoms with Crippen LogP contribution in [0.15, 0.2) is 0 Å². The van der Waals surface area contributed by atoms with E-state index in [0.717, 1.165) is 12.8 Å². The van der Waals surface area contributed by atoms with Gasteiger partial charge in [-0.25, -0.2) is 4.79 Å². The van der Waals surface area contributed by atoms with Gasteiger partial charge in [-0.1, -0.05) is 96.8 Å². The van der Waals surface area contributed by atoms with Crippen molar-refractivity contribution in [2.24, 2.45) is 0 Å². The van der Waals surface area contributed by atoms with E-state index in [-0.39, 0.29) is 0 Å². The summed E-state index contributed by atoms with van der Waals surface area (Å²) in [5.74, 6) is -0.936. The van der Waals surface area contributed by atoms with E-state index in [1.54, 1.807) is 0 Å². The lowest BCUT2D eigenvalue weighted by atomic mass is 10.0. The van der Waals surface area contributed by atoms with Gasteiger partial charge in [-0.15, -0.1) is 0 Å². The Morgan fingerprint density at radius 3 is 1.36 bits per heavy atom. The molecule has 0 fully saturated rings. The molecule has 0 spiro atoms. The Bertz CT molecular complexity index is 268. The molecule has 0 bridgehead atoms. The molecule has 0 rings (SSSR count). The van der Waals surface area contributed by atoms with Gasteiger partial charge in [0.05, 0.1) is 0 Å². The molecule has 4 heteroatoms. The van der Waals surface area contributed by atoms with Gasteiger partial charge >= 0.3 is 5.97 Å². The third-order valence-corrected chi connectivity index (χ3v) is 5.05. The molecule has 0 aliphatic carbocycles. The number of unbranched alkanes of at least 4 members (excludes halogenated alkanes) is 13. The summed E-state index contributed by atoms with van der Waals surface area (Å²) in [4.78, 5) is 10.8. The zero-order valence-electron chi connectivity index (χ0n) is 14.4. The number of aliphatic carboxylic acids is 1. The van der Waals surface area contributed by atoms with E-state index in [4.69, 9.17) is 5.11 Å². The smallest absolute Gasteiger partial charge is 0.329 e. The lowest BCUT2D eigenvalue weighted by Crippen LogP contribution is -2.25. The van der Waals surface area contributed by atoms with Gasteiger partial charge in [0.1, 0.15) is 0 Å². The minimum atomic E-state index is -1.16. The molecule has 0 aromatic heterocycles. The van der Waals surface area contributed by atoms with E-state index in [9.17, 15) is 4.79 Å². The van der Waals surface area contributed by atoms with Crippen LogP contribution in [0.4, 0.5) is 0 Å². The Balaban J connectivity index is 3.16. The first-order valence-corrected chi connectivity index (χ1v) is 10.1. The fourth-order valence-corrected chi connectivity index (χ4v) is 2.99. The lowest BCUT2D eigenvalue weighted by molar-refractivity contribution is -0.137. The second kappa shape index (κ2) is 14.7. The van der Waals surface area contributed by atoms with Crippen LogP contribution >= 0.6 is 25.3 Å². The highest BCUT2D eigenvalue weighted by Gasteiger charge is 2.28. The summed E-state index contributed by atoms with van der Waals surface area (Å²) in [6, 6.07) is 0. The second-order valence-electron chi connectivity index (χ2n) is 6.47. The van der Waals surface area contributed by atoms with E-state index in [2.05, 4.69) is 32.2 Å². The van der Waals surface area contributed by atoms with Gasteiger partial charge in [-0.05, 0) is 6.42 Å². The molecular weight excluding hydrogens is 312 g/mol. The number of rotatable bonds is 16. The van der Waals surface area contributed by atoms with E-state index in [1.165, 1.54) is 77.0 Å². The van der Waals surface area contributed by atoms with Crippen molar-refractivity contribution < 1.29 is 9.90 Å². The Kier molecular flexibility index (Phi) is 14.9. The van der Waals surface area contributed by atoms with Crippen LogP contribution in [-0.2, 0) is 4.79 Å². The van der Waals surface area contributed by atoms with Gasteiger partial charge in [0.2, 0.25) is 0 Å². The predicted octanol–water partition coefficient (Wildman–Crippen LogP) is 6.50. The van der Waals surface area contributed by atoms with Gasteiger partial charge in [0.15, 0.2) is 4.08 Å². The average Bonchev–Trinajstić information content (AvgIpc) is 2.47. The predicted molar refractivity (Wildman–Crippen MR) is 103 cm³/mol. The highest BCUT2D eigenvalue weighted by atomic mass is 32.2. The van der Waals surface area contributed by atoms with Gasteiger partial charge in [0, 0.05) is 0 Å². The average molecular weight is 349 g/mol. The van der Waals surface area contributed by atoms with E-state index in [1.807, 2.05) is 0 Å². The summed E-state index contributed by atoms with van der Waals surface area (Å²) in [5.41, 5.74) is 0. The summed E-state index contributed by atoms with van der Waals surface area (Å²) in [6.07, 6.45) is 18.8. The molecule has 1 N–H and O–H groups in total. The highest BCUT2D eigenvalue weighted by molar-refractivity contribution is 8.01. The number of thiol groups is 2. The quantitative estimate of drug-likeness (QED) is 0.169. The van der Waals surface area contributed by atoms with E-state index in [0.29, 0.717) is 6.42 Å². The van der Waals surface area contributed by atoms with Crippen LogP contribution in [0.25, 0.3) is 0 Å². The molecule has 0 aromatic carbocycles. The Labute approximate surface area is 148 Å². The molecule has 0 amide bonds. The van der Waals surface area contributed by atoms with Gasteiger partial charge in [-0.2, -0.15) is 25.3 Å². The SMILES string of the molecule is CCCCCCCCCCCCCCCCC(S)(S)C(=O)O. The molecule has 0 saturated heterocycles. The molecule has 2 nitrogen and oxygen atoms in total. The molecule has 0 unspecified atom stereocenters. The topological polar surface area (TPSA) is 37.3 Å². The van der Waals surface area contributed by atoms with Gasteiger partial charge in [0.25, 0.3) is 0 Å². The fourth-order valence-electron chi connectivity index (χ4n) is 2.67. The van der Waals surface area contributed by atoms with Crippen LogP contribution < -0.4 is 0 Å². The zero-order valence-corrected chi connectivity index (χ0v) is 16.1. The third kappa shape index (κ3) is 13.8. The van der Waals surface area contributed by atoms with Crippen molar-refractivity contribution in [3.63, 3.8) is 0 Å². The summed E-state index contributed by atoms with van der Waals surface area (Å²) in [7, 11) is 0. The second-order valence-corrected chi connectivity index (χ2v) is 8.35. The molecule has 0 aliphatic heterocycles. The van der Waals surface area contributed by atoms with Crippen molar-refractivity contribution in [3.8, 4) is 0 Å². The maximum Gasteiger partial charge on any atom is 0.329 e. The summed E-state index contributed by atoms with van der Waals surface area (Å²) in [5, 5.41) is 8.89. The standard InChI is InChI=1S/C18H36O2S2/c1-2-3-4-5-6-7-8-9-10-11-12-13-14-15-16-18(21,22)17(19)20/h21-22H,2-16H2,1H3,(H,19,20). The number of hydrogen-bond donors (Lipinski definition) is 3. The first kappa shape index (κ1) is 22.2. The summed E-state index contributed by atoms with van der Waals surface area (Å²) in [6.45, 7) is 2.26. The van der Waals surface area contributed by atoms with Crippen LogP contribution in [-0.4, -0.2) is 15.2 Å². The fraction of sp³-hybridized carbons (Fsp3) is 0.944. The molecule has 0 saturated carbocycles. The lowest BCUT2D eigenvalue weighted by Gasteiger charge is -2.16. The largest absolute Gasteiger partial charge is 0.480 e. The molecule has 0 heterocycles. The minimum Gasteiger partial charge on any atom is -0.480 e. The molecule has 0 atom stereocenters. The summed E-state index contributed by atoms with van der Waals surface area (Å²) < 4.78 is -1.16. The third-order valence-electron chi connectivity index (χ3n) is 4.22. The number of carboxylic acids is 1. The monoisotopic (exact) mass is 348 g/mol. The Morgan fingerprint density at radius 2 is 1.05 bits per heavy atom. The van der Waals surface area contributed by atoms with Crippen LogP contribution in [0.5, 0.6) is 0 Å². The minimum absolute atomic E-state index is 0.534. The molecular formula is C18H36O2S2. The number of carboxylic acid groups (broad SMARTS) is 1. The van der Waals surface area contributed by atoms with Crippen molar-refractivity contribution in [2.75, 3.05) is 0 Å². The van der Waals surface area contributed by atoms with Crippen molar-refractivity contribution in [1.29, 1.82) is 0 Å². The van der Waals surface area contributed by atoms with Crippen LogP contribution in [0.1, 0.15) is 103 Å². The van der Waals surface area contributed by atoms with Crippen LogP contribution in [0.2, 0.25) is 0 Å².